The molecule has 3 aromatic rings. The van der Waals surface area contributed by atoms with Crippen LogP contribution >= 0.6 is 0 Å². The Labute approximate surface area is 211 Å². The third kappa shape index (κ3) is 5.16. The van der Waals surface area contributed by atoms with E-state index in [9.17, 15) is 9.59 Å². The molecule has 192 valence electrons. The first-order chi connectivity index (χ1) is 17.2. The number of primary amides is 1. The van der Waals surface area contributed by atoms with E-state index >= 15 is 0 Å². The summed E-state index contributed by atoms with van der Waals surface area (Å²) in [6.07, 6.45) is 2.35. The van der Waals surface area contributed by atoms with Crippen LogP contribution in [0.15, 0.2) is 36.4 Å². The van der Waals surface area contributed by atoms with Crippen molar-refractivity contribution in [3.63, 3.8) is 0 Å². The fourth-order valence-electron chi connectivity index (χ4n) is 4.80. The second-order valence-electron chi connectivity index (χ2n) is 9.71. The molecule has 36 heavy (non-hydrogen) atoms. The molecule has 2 amide bonds. The molecule has 0 spiro atoms. The number of hydrogen-bond donors (Lipinski definition) is 1. The van der Waals surface area contributed by atoms with E-state index in [4.69, 9.17) is 20.2 Å². The minimum absolute atomic E-state index is 0.0381. The van der Waals surface area contributed by atoms with Gasteiger partial charge in [-0.3, -0.25) is 9.59 Å². The Kier molecular flexibility index (Phi) is 7.49. The van der Waals surface area contributed by atoms with Gasteiger partial charge in [0.15, 0.2) is 0 Å². The van der Waals surface area contributed by atoms with Crippen molar-refractivity contribution in [1.29, 1.82) is 0 Å². The number of carbonyl (C=O) groups excluding carboxylic acids is 2. The average Bonchev–Trinajstić information content (AvgIpc) is 3.20. The molecule has 1 aromatic heterocycles. The Balaban J connectivity index is 1.66. The molecule has 0 unspecified atom stereocenters. The molecule has 4 rings (SSSR count). The van der Waals surface area contributed by atoms with E-state index in [1.54, 1.807) is 26.4 Å². The highest BCUT2D eigenvalue weighted by molar-refractivity contribution is 5.97. The van der Waals surface area contributed by atoms with Crippen molar-refractivity contribution in [3.8, 4) is 22.9 Å². The van der Waals surface area contributed by atoms with Crippen LogP contribution < -0.4 is 15.2 Å². The zero-order valence-electron chi connectivity index (χ0n) is 21.7. The molecule has 1 saturated carbocycles. The Hall–Kier alpha value is -3.59. The first-order valence-electron chi connectivity index (χ1n) is 12.2. The standard InChI is InChI=1S/C27H35N5O4/c1-30(2)9-6-10-31(3)27(34)19-11-20(12-19)32-24-15-17(25(28)33)7-8-23(24)29-26(32)18-13-21(35-4)16-22(14-18)36-5/h7-8,13-16,19-20H,6,9-12H2,1-5H3,(H2,28,33). The normalized spacial score (nSPS) is 17.2. The lowest BCUT2D eigenvalue weighted by Gasteiger charge is -2.38. The van der Waals surface area contributed by atoms with Crippen molar-refractivity contribution < 1.29 is 19.1 Å². The number of carbonyl (C=O) groups is 2. The molecule has 0 saturated heterocycles. The molecule has 0 aliphatic heterocycles. The predicted octanol–water partition coefficient (Wildman–Crippen LogP) is 3.18. The summed E-state index contributed by atoms with van der Waals surface area (Å²) in [6, 6.07) is 11.0. The SMILES string of the molecule is COc1cc(OC)cc(-c2nc3ccc(C(N)=O)cc3n2C2CC(C(=O)N(C)CCCN(C)C)C2)c1. The molecule has 1 aliphatic rings. The first-order valence-corrected chi connectivity index (χ1v) is 12.2. The molecule has 2 aromatic carbocycles. The highest BCUT2D eigenvalue weighted by Gasteiger charge is 2.39. The largest absolute Gasteiger partial charge is 0.497 e. The van der Waals surface area contributed by atoms with E-state index in [0.717, 1.165) is 41.9 Å². The van der Waals surface area contributed by atoms with Crippen LogP contribution in [0.2, 0.25) is 0 Å². The number of amides is 2. The Morgan fingerprint density at radius 2 is 1.69 bits per heavy atom. The number of rotatable bonds is 10. The Bertz CT molecular complexity index is 1240. The van der Waals surface area contributed by atoms with Gasteiger partial charge < -0.3 is 29.6 Å². The summed E-state index contributed by atoms with van der Waals surface area (Å²) >= 11 is 0. The number of nitrogens with two attached hydrogens (primary N) is 1. The van der Waals surface area contributed by atoms with E-state index in [1.165, 1.54) is 0 Å². The van der Waals surface area contributed by atoms with Gasteiger partial charge in [0.2, 0.25) is 11.8 Å². The van der Waals surface area contributed by atoms with Gasteiger partial charge in [-0.05, 0) is 70.2 Å². The minimum atomic E-state index is -0.490. The molecule has 0 radical (unpaired) electrons. The van der Waals surface area contributed by atoms with Gasteiger partial charge in [0.25, 0.3) is 0 Å². The third-order valence-corrected chi connectivity index (χ3v) is 6.89. The van der Waals surface area contributed by atoms with E-state index in [2.05, 4.69) is 9.47 Å². The number of fused-ring (bicyclic) bond motifs is 1. The maximum Gasteiger partial charge on any atom is 0.248 e. The summed E-state index contributed by atoms with van der Waals surface area (Å²) in [5, 5.41) is 0. The maximum atomic E-state index is 13.0. The fourth-order valence-corrected chi connectivity index (χ4v) is 4.80. The number of aromatic nitrogens is 2. The molecule has 2 N–H and O–H groups in total. The summed E-state index contributed by atoms with van der Waals surface area (Å²) in [4.78, 5) is 33.8. The summed E-state index contributed by atoms with van der Waals surface area (Å²) in [5.74, 6) is 1.69. The molecule has 0 atom stereocenters. The third-order valence-electron chi connectivity index (χ3n) is 6.89. The van der Waals surface area contributed by atoms with Gasteiger partial charge in [0.1, 0.15) is 17.3 Å². The van der Waals surface area contributed by atoms with E-state index in [1.807, 2.05) is 50.3 Å². The van der Waals surface area contributed by atoms with Crippen molar-refractivity contribution in [3.05, 3.63) is 42.0 Å². The van der Waals surface area contributed by atoms with Crippen LogP contribution in [0.4, 0.5) is 0 Å². The Morgan fingerprint density at radius 1 is 1.03 bits per heavy atom. The fraction of sp³-hybridized carbons (Fsp3) is 0.444. The number of ether oxygens (including phenoxy) is 2. The van der Waals surface area contributed by atoms with Crippen LogP contribution in [0, 0.1) is 5.92 Å². The van der Waals surface area contributed by atoms with E-state index < -0.39 is 5.91 Å². The zero-order chi connectivity index (χ0) is 26.0. The monoisotopic (exact) mass is 493 g/mol. The van der Waals surface area contributed by atoms with E-state index in [0.29, 0.717) is 29.9 Å². The molecule has 9 heteroatoms. The first kappa shape index (κ1) is 25.5. The van der Waals surface area contributed by atoms with Gasteiger partial charge in [0.05, 0.1) is 25.3 Å². The number of hydrogen-bond acceptors (Lipinski definition) is 6. The molecule has 1 fully saturated rings. The smallest absolute Gasteiger partial charge is 0.248 e. The van der Waals surface area contributed by atoms with Crippen molar-refractivity contribution in [2.45, 2.75) is 25.3 Å². The van der Waals surface area contributed by atoms with Crippen molar-refractivity contribution in [2.24, 2.45) is 11.7 Å². The van der Waals surface area contributed by atoms with Crippen LogP contribution in [0.1, 0.15) is 35.7 Å². The van der Waals surface area contributed by atoms with E-state index in [-0.39, 0.29) is 17.9 Å². The summed E-state index contributed by atoms with van der Waals surface area (Å²) in [5.41, 5.74) is 8.40. The van der Waals surface area contributed by atoms with Gasteiger partial charge >= 0.3 is 0 Å². The quantitative estimate of drug-likeness (QED) is 0.465. The number of imidazole rings is 1. The molecular weight excluding hydrogens is 458 g/mol. The highest BCUT2D eigenvalue weighted by Crippen LogP contribution is 2.44. The second kappa shape index (κ2) is 10.6. The van der Waals surface area contributed by atoms with Gasteiger partial charge in [-0.1, -0.05) is 0 Å². The molecule has 1 heterocycles. The van der Waals surface area contributed by atoms with Gasteiger partial charge in [-0.15, -0.1) is 0 Å². The zero-order valence-corrected chi connectivity index (χ0v) is 21.7. The van der Waals surface area contributed by atoms with Crippen LogP contribution in [0.3, 0.4) is 0 Å². The summed E-state index contributed by atoms with van der Waals surface area (Å²) < 4.78 is 13.1. The molecule has 1 aliphatic carbocycles. The van der Waals surface area contributed by atoms with Gasteiger partial charge in [0, 0.05) is 42.7 Å². The van der Waals surface area contributed by atoms with Crippen LogP contribution in [-0.2, 0) is 4.79 Å². The summed E-state index contributed by atoms with van der Waals surface area (Å²) in [7, 11) is 9.17. The highest BCUT2D eigenvalue weighted by atomic mass is 16.5. The lowest BCUT2D eigenvalue weighted by atomic mass is 9.78. The summed E-state index contributed by atoms with van der Waals surface area (Å²) in [6.45, 7) is 1.69. The van der Waals surface area contributed by atoms with Crippen molar-refractivity contribution in [2.75, 3.05) is 48.5 Å². The number of nitrogens with zero attached hydrogens (tertiary/aromatic N) is 4. The lowest BCUT2D eigenvalue weighted by Crippen LogP contribution is -2.41. The van der Waals surface area contributed by atoms with Crippen LogP contribution in [0.25, 0.3) is 22.4 Å². The number of benzene rings is 2. The topological polar surface area (TPSA) is 103 Å². The van der Waals surface area contributed by atoms with Gasteiger partial charge in [-0.25, -0.2) is 4.98 Å². The predicted molar refractivity (Wildman–Crippen MR) is 139 cm³/mol. The number of methoxy groups -OCH3 is 2. The van der Waals surface area contributed by atoms with Gasteiger partial charge in [-0.2, -0.15) is 0 Å². The molecule has 9 nitrogen and oxygen atoms in total. The van der Waals surface area contributed by atoms with Crippen LogP contribution in [-0.4, -0.2) is 79.6 Å². The average molecular weight is 494 g/mol. The van der Waals surface area contributed by atoms with Crippen molar-refractivity contribution in [1.82, 2.24) is 19.4 Å². The maximum absolute atomic E-state index is 13.0. The second-order valence-corrected chi connectivity index (χ2v) is 9.71. The lowest BCUT2D eigenvalue weighted by molar-refractivity contribution is -0.138. The molecular formula is C27H35N5O4. The Morgan fingerprint density at radius 3 is 2.28 bits per heavy atom. The van der Waals surface area contributed by atoms with Crippen molar-refractivity contribution >= 4 is 22.8 Å². The molecule has 0 bridgehead atoms. The minimum Gasteiger partial charge on any atom is -0.497 e. The van der Waals surface area contributed by atoms with Crippen LogP contribution in [0.5, 0.6) is 11.5 Å².